The molecule has 190 valence electrons. The van der Waals surface area contributed by atoms with Gasteiger partial charge in [-0.3, -0.25) is 0 Å². The van der Waals surface area contributed by atoms with Crippen LogP contribution in [0.1, 0.15) is 48.9 Å². The lowest BCUT2D eigenvalue weighted by molar-refractivity contribution is 0.183. The van der Waals surface area contributed by atoms with E-state index in [1.807, 2.05) is 0 Å². The van der Waals surface area contributed by atoms with Crippen LogP contribution in [0.5, 0.6) is 11.8 Å². The van der Waals surface area contributed by atoms with Crippen molar-refractivity contribution in [3.05, 3.63) is 41.1 Å². The maximum Gasteiger partial charge on any atom is 0.318 e. The predicted molar refractivity (Wildman–Crippen MR) is 138 cm³/mol. The Morgan fingerprint density at radius 1 is 1.25 bits per heavy atom. The number of benzene rings is 1. The minimum atomic E-state index is 0.0448. The van der Waals surface area contributed by atoms with Crippen LogP contribution >= 0.6 is 0 Å². The highest BCUT2D eigenvalue weighted by Crippen LogP contribution is 2.48. The van der Waals surface area contributed by atoms with Gasteiger partial charge in [0.15, 0.2) is 0 Å². The van der Waals surface area contributed by atoms with Crippen molar-refractivity contribution in [3.8, 4) is 17.8 Å². The molecule has 1 N–H and O–H groups in total. The maximum absolute atomic E-state index is 9.26. The van der Waals surface area contributed by atoms with Gasteiger partial charge in [0.25, 0.3) is 0 Å². The van der Waals surface area contributed by atoms with E-state index in [1.165, 1.54) is 17.5 Å². The molecule has 0 bridgehead atoms. The van der Waals surface area contributed by atoms with Gasteiger partial charge in [0.1, 0.15) is 18.2 Å². The number of nitrogens with one attached hydrogen (secondary N) is 1. The van der Waals surface area contributed by atoms with Crippen LogP contribution in [0.25, 0.3) is 0 Å². The highest BCUT2D eigenvalue weighted by atomic mass is 16.5. The zero-order valence-corrected chi connectivity index (χ0v) is 21.2. The van der Waals surface area contributed by atoms with E-state index in [0.29, 0.717) is 25.1 Å². The SMILES string of the molecule is CN1CCC[C@H]1COc1nc2c(c(N3CCN[C@@H](CC#N)C3)n1)CCC1(CCOc3ccccc31)C2. The Morgan fingerprint density at radius 2 is 2.17 bits per heavy atom. The van der Waals surface area contributed by atoms with Gasteiger partial charge in [-0.05, 0) is 51.8 Å². The molecule has 2 fully saturated rings. The molecule has 1 aromatic carbocycles. The molecule has 4 aliphatic rings. The van der Waals surface area contributed by atoms with Crippen LogP contribution in [-0.4, -0.2) is 73.4 Å². The third-order valence-electron chi connectivity index (χ3n) is 8.68. The van der Waals surface area contributed by atoms with E-state index in [-0.39, 0.29) is 11.5 Å². The van der Waals surface area contributed by atoms with Crippen LogP contribution in [0.4, 0.5) is 5.82 Å². The smallest absolute Gasteiger partial charge is 0.318 e. The molecule has 8 heteroatoms. The molecule has 0 radical (unpaired) electrons. The first kappa shape index (κ1) is 23.5. The van der Waals surface area contributed by atoms with E-state index in [2.05, 4.69) is 52.5 Å². The van der Waals surface area contributed by atoms with Crippen LogP contribution in [0.15, 0.2) is 24.3 Å². The summed E-state index contributed by atoms with van der Waals surface area (Å²) in [4.78, 5) is 14.8. The summed E-state index contributed by atoms with van der Waals surface area (Å²) in [5, 5.41) is 12.7. The van der Waals surface area contributed by atoms with Crippen LogP contribution < -0.4 is 19.7 Å². The van der Waals surface area contributed by atoms with Gasteiger partial charge in [-0.15, -0.1) is 0 Å². The number of ether oxygens (including phenoxy) is 2. The summed E-state index contributed by atoms with van der Waals surface area (Å²) in [5.74, 6) is 2.03. The first-order valence-corrected chi connectivity index (χ1v) is 13.5. The Bertz CT molecular complexity index is 1150. The molecule has 3 aliphatic heterocycles. The summed E-state index contributed by atoms with van der Waals surface area (Å²) in [6, 6.07) is 11.9. The molecule has 0 saturated carbocycles. The van der Waals surface area contributed by atoms with Crippen molar-refractivity contribution in [2.75, 3.05) is 51.3 Å². The van der Waals surface area contributed by atoms with Crippen LogP contribution in [0.2, 0.25) is 0 Å². The standard InChI is InChI=1S/C28H36N6O2/c1-33-14-4-5-21(33)19-36-27-31-24-17-28(11-16-35-25-7-3-2-6-23(25)28)10-8-22(24)26(32-27)34-15-13-30-20(18-34)9-12-29/h2-3,6-7,20-21,30H,4-5,8-11,13-19H2,1H3/t20-,21-,28?/m0/s1. The molecule has 36 heavy (non-hydrogen) atoms. The molecule has 1 aromatic heterocycles. The molecule has 3 atom stereocenters. The summed E-state index contributed by atoms with van der Waals surface area (Å²) in [6.07, 6.45) is 6.76. The zero-order valence-electron chi connectivity index (χ0n) is 21.2. The minimum Gasteiger partial charge on any atom is -0.493 e. The van der Waals surface area contributed by atoms with Crippen molar-refractivity contribution in [2.24, 2.45) is 0 Å². The fourth-order valence-corrected chi connectivity index (χ4v) is 6.59. The molecule has 6 rings (SSSR count). The molecule has 0 amide bonds. The van der Waals surface area contributed by atoms with Gasteiger partial charge in [-0.25, -0.2) is 0 Å². The lowest BCUT2D eigenvalue weighted by atomic mass is 9.66. The average Bonchev–Trinajstić information content (AvgIpc) is 3.32. The Morgan fingerprint density at radius 3 is 3.03 bits per heavy atom. The summed E-state index contributed by atoms with van der Waals surface area (Å²) >= 11 is 0. The second-order valence-electron chi connectivity index (χ2n) is 10.9. The number of nitriles is 1. The number of aromatic nitrogens is 2. The van der Waals surface area contributed by atoms with Gasteiger partial charge in [-0.2, -0.15) is 15.2 Å². The van der Waals surface area contributed by atoms with Crippen molar-refractivity contribution in [3.63, 3.8) is 0 Å². The van der Waals surface area contributed by atoms with Crippen LogP contribution in [0.3, 0.4) is 0 Å². The maximum atomic E-state index is 9.26. The lowest BCUT2D eigenvalue weighted by Gasteiger charge is -2.43. The highest BCUT2D eigenvalue weighted by Gasteiger charge is 2.42. The quantitative estimate of drug-likeness (QED) is 0.688. The summed E-state index contributed by atoms with van der Waals surface area (Å²) < 4.78 is 12.3. The summed E-state index contributed by atoms with van der Waals surface area (Å²) in [5.41, 5.74) is 3.73. The van der Waals surface area contributed by atoms with Gasteiger partial charge in [-0.1, -0.05) is 18.2 Å². The lowest BCUT2D eigenvalue weighted by Crippen LogP contribution is -2.51. The van der Waals surface area contributed by atoms with E-state index < -0.39 is 0 Å². The second kappa shape index (κ2) is 9.87. The molecular formula is C28H36N6O2. The Kier molecular flexibility index (Phi) is 6.44. The van der Waals surface area contributed by atoms with Crippen LogP contribution in [-0.2, 0) is 18.3 Å². The number of likely N-dealkylation sites (tertiary alicyclic amines) is 1. The van der Waals surface area contributed by atoms with Crippen LogP contribution in [0, 0.1) is 11.3 Å². The molecule has 2 saturated heterocycles. The van der Waals surface area contributed by atoms with E-state index in [4.69, 9.17) is 19.4 Å². The van der Waals surface area contributed by atoms with Gasteiger partial charge in [0.2, 0.25) is 0 Å². The predicted octanol–water partition coefficient (Wildman–Crippen LogP) is 2.85. The summed E-state index contributed by atoms with van der Waals surface area (Å²) in [7, 11) is 2.17. The topological polar surface area (TPSA) is 86.5 Å². The molecule has 2 aromatic rings. The van der Waals surface area contributed by atoms with Gasteiger partial charge >= 0.3 is 6.01 Å². The van der Waals surface area contributed by atoms with Crippen molar-refractivity contribution in [1.29, 1.82) is 5.26 Å². The highest BCUT2D eigenvalue weighted by molar-refractivity contribution is 5.54. The first-order chi connectivity index (χ1) is 17.6. The second-order valence-corrected chi connectivity index (χ2v) is 10.9. The van der Waals surface area contributed by atoms with Gasteiger partial charge in [0.05, 0.1) is 24.8 Å². The van der Waals surface area contributed by atoms with E-state index in [0.717, 1.165) is 82.2 Å². The zero-order chi connectivity index (χ0) is 24.5. The molecule has 8 nitrogen and oxygen atoms in total. The number of hydrogen-bond donors (Lipinski definition) is 1. The van der Waals surface area contributed by atoms with Crippen molar-refractivity contribution < 1.29 is 9.47 Å². The number of para-hydroxylation sites is 1. The monoisotopic (exact) mass is 488 g/mol. The Balaban J connectivity index is 1.34. The Labute approximate surface area is 213 Å². The average molecular weight is 489 g/mol. The van der Waals surface area contributed by atoms with Crippen molar-refractivity contribution >= 4 is 5.82 Å². The number of fused-ring (bicyclic) bond motifs is 3. The van der Waals surface area contributed by atoms with Crippen molar-refractivity contribution in [2.45, 2.75) is 62.4 Å². The number of hydrogen-bond acceptors (Lipinski definition) is 8. The molecular weight excluding hydrogens is 452 g/mol. The number of nitrogens with zero attached hydrogens (tertiary/aromatic N) is 5. The van der Waals surface area contributed by atoms with Gasteiger partial charge in [0, 0.05) is 54.7 Å². The normalized spacial score (nSPS) is 27.7. The third kappa shape index (κ3) is 4.39. The molecule has 1 spiro atoms. The minimum absolute atomic E-state index is 0.0448. The fraction of sp³-hybridized carbons (Fsp3) is 0.607. The van der Waals surface area contributed by atoms with Gasteiger partial charge < -0.3 is 24.6 Å². The van der Waals surface area contributed by atoms with E-state index in [9.17, 15) is 5.26 Å². The number of likely N-dealkylation sites (N-methyl/N-ethyl adjacent to an activating group) is 1. The van der Waals surface area contributed by atoms with Crippen molar-refractivity contribution in [1.82, 2.24) is 20.2 Å². The Hall–Kier alpha value is -2.89. The first-order valence-electron chi connectivity index (χ1n) is 13.5. The summed E-state index contributed by atoms with van der Waals surface area (Å²) in [6.45, 7) is 4.99. The largest absolute Gasteiger partial charge is 0.493 e. The number of rotatable bonds is 5. The molecule has 1 unspecified atom stereocenters. The third-order valence-corrected chi connectivity index (χ3v) is 8.68. The molecule has 4 heterocycles. The number of piperazine rings is 1. The molecule has 1 aliphatic carbocycles. The van der Waals surface area contributed by atoms with E-state index in [1.54, 1.807) is 0 Å². The fourth-order valence-electron chi connectivity index (χ4n) is 6.59. The van der Waals surface area contributed by atoms with E-state index >= 15 is 0 Å². The number of anilines is 1.